The van der Waals surface area contributed by atoms with Gasteiger partial charge in [0.05, 0.1) is 0 Å². The van der Waals surface area contributed by atoms with Crippen LogP contribution in [0.5, 0.6) is 0 Å². The third-order valence-corrected chi connectivity index (χ3v) is 2.82. The summed E-state index contributed by atoms with van der Waals surface area (Å²) in [4.78, 5) is 0. The average Bonchev–Trinajstić information content (AvgIpc) is 2.34. The van der Waals surface area contributed by atoms with Crippen LogP contribution in [0.2, 0.25) is 0 Å². The third-order valence-electron chi connectivity index (χ3n) is 2.82. The van der Waals surface area contributed by atoms with E-state index in [-0.39, 0.29) is 0 Å². The zero-order valence-electron chi connectivity index (χ0n) is 10.1. The van der Waals surface area contributed by atoms with E-state index in [1.54, 1.807) is 0 Å². The van der Waals surface area contributed by atoms with Gasteiger partial charge in [0.1, 0.15) is 0 Å². The highest BCUT2D eigenvalue weighted by atomic mass is 14.9. The van der Waals surface area contributed by atoms with E-state index in [4.69, 9.17) is 5.73 Å². The molecule has 88 valence electrons. The highest BCUT2D eigenvalue weighted by Gasteiger charge is 1.97. The third kappa shape index (κ3) is 3.33. The molecule has 0 atom stereocenters. The summed E-state index contributed by atoms with van der Waals surface area (Å²) in [5.41, 5.74) is 10.5. The molecule has 2 nitrogen and oxygen atoms in total. The van der Waals surface area contributed by atoms with E-state index >= 15 is 0 Å². The number of anilines is 1. The van der Waals surface area contributed by atoms with E-state index in [1.807, 2.05) is 18.2 Å². The number of nitrogens with two attached hydrogens (primary N) is 1. The zero-order chi connectivity index (χ0) is 12.1. The number of benzene rings is 2. The van der Waals surface area contributed by atoms with E-state index in [1.165, 1.54) is 11.1 Å². The maximum absolute atomic E-state index is 5.88. The van der Waals surface area contributed by atoms with Crippen LogP contribution in [0.4, 0.5) is 5.69 Å². The summed E-state index contributed by atoms with van der Waals surface area (Å²) < 4.78 is 0. The predicted molar refractivity (Wildman–Crippen MR) is 72.6 cm³/mol. The number of aryl methyl sites for hydroxylation is 1. The SMILES string of the molecule is Cc1ccc(CNCc2ccccc2N)cc1. The van der Waals surface area contributed by atoms with Crippen molar-refractivity contribution in [2.75, 3.05) is 5.73 Å². The smallest absolute Gasteiger partial charge is 0.0359 e. The van der Waals surface area contributed by atoms with Crippen LogP contribution in [0.25, 0.3) is 0 Å². The van der Waals surface area contributed by atoms with Crippen molar-refractivity contribution in [1.82, 2.24) is 5.32 Å². The number of nitrogens with one attached hydrogen (secondary N) is 1. The Labute approximate surface area is 102 Å². The van der Waals surface area contributed by atoms with Crippen molar-refractivity contribution >= 4 is 5.69 Å². The number of para-hydroxylation sites is 1. The van der Waals surface area contributed by atoms with Gasteiger partial charge in [0.25, 0.3) is 0 Å². The minimum Gasteiger partial charge on any atom is -0.398 e. The van der Waals surface area contributed by atoms with Gasteiger partial charge in [-0.1, -0.05) is 48.0 Å². The zero-order valence-corrected chi connectivity index (χ0v) is 10.1. The van der Waals surface area contributed by atoms with Gasteiger partial charge in [-0.15, -0.1) is 0 Å². The van der Waals surface area contributed by atoms with Gasteiger partial charge in [0.15, 0.2) is 0 Å². The molecule has 0 fully saturated rings. The fourth-order valence-electron chi connectivity index (χ4n) is 1.74. The molecule has 0 bridgehead atoms. The molecule has 0 aliphatic carbocycles. The first-order valence-corrected chi connectivity index (χ1v) is 5.85. The van der Waals surface area contributed by atoms with Crippen molar-refractivity contribution in [1.29, 1.82) is 0 Å². The molecule has 0 heterocycles. The molecule has 0 saturated heterocycles. The predicted octanol–water partition coefficient (Wildman–Crippen LogP) is 2.87. The lowest BCUT2D eigenvalue weighted by Crippen LogP contribution is -2.13. The minimum atomic E-state index is 0.806. The molecule has 0 aromatic heterocycles. The Morgan fingerprint density at radius 1 is 0.941 bits per heavy atom. The number of nitrogen functional groups attached to an aromatic ring is 1. The first-order chi connectivity index (χ1) is 8.25. The van der Waals surface area contributed by atoms with Gasteiger partial charge in [0.2, 0.25) is 0 Å². The molecule has 0 amide bonds. The minimum absolute atomic E-state index is 0.806. The maximum atomic E-state index is 5.88. The molecule has 2 rings (SSSR count). The Balaban J connectivity index is 1.88. The first-order valence-electron chi connectivity index (χ1n) is 5.85. The highest BCUT2D eigenvalue weighted by molar-refractivity contribution is 5.46. The summed E-state index contributed by atoms with van der Waals surface area (Å²) in [6.45, 7) is 3.77. The Morgan fingerprint density at radius 3 is 2.35 bits per heavy atom. The van der Waals surface area contributed by atoms with Gasteiger partial charge in [-0.2, -0.15) is 0 Å². The van der Waals surface area contributed by atoms with Crippen LogP contribution in [-0.4, -0.2) is 0 Å². The second-order valence-corrected chi connectivity index (χ2v) is 4.29. The van der Waals surface area contributed by atoms with Crippen LogP contribution < -0.4 is 11.1 Å². The van der Waals surface area contributed by atoms with Gasteiger partial charge in [-0.05, 0) is 24.1 Å². The second kappa shape index (κ2) is 5.51. The summed E-state index contributed by atoms with van der Waals surface area (Å²) in [6.07, 6.45) is 0. The number of rotatable bonds is 4. The average molecular weight is 226 g/mol. The topological polar surface area (TPSA) is 38.0 Å². The van der Waals surface area contributed by atoms with Crippen LogP contribution in [0, 0.1) is 6.92 Å². The summed E-state index contributed by atoms with van der Waals surface area (Å²) in [5.74, 6) is 0. The Morgan fingerprint density at radius 2 is 1.65 bits per heavy atom. The van der Waals surface area contributed by atoms with Crippen LogP contribution in [-0.2, 0) is 13.1 Å². The molecule has 2 aromatic rings. The van der Waals surface area contributed by atoms with E-state index in [0.717, 1.165) is 24.3 Å². The summed E-state index contributed by atoms with van der Waals surface area (Å²) in [6, 6.07) is 16.5. The largest absolute Gasteiger partial charge is 0.398 e. The summed E-state index contributed by atoms with van der Waals surface area (Å²) >= 11 is 0. The van der Waals surface area contributed by atoms with Gasteiger partial charge in [0, 0.05) is 18.8 Å². The molecule has 2 heteroatoms. The van der Waals surface area contributed by atoms with Crippen molar-refractivity contribution in [3.05, 3.63) is 65.2 Å². The molecule has 0 aliphatic rings. The lowest BCUT2D eigenvalue weighted by molar-refractivity contribution is 0.694. The highest BCUT2D eigenvalue weighted by Crippen LogP contribution is 2.10. The molecule has 0 spiro atoms. The lowest BCUT2D eigenvalue weighted by Gasteiger charge is -2.07. The lowest BCUT2D eigenvalue weighted by atomic mass is 10.1. The van der Waals surface area contributed by atoms with E-state index in [2.05, 4.69) is 42.6 Å². The van der Waals surface area contributed by atoms with Crippen LogP contribution in [0.15, 0.2) is 48.5 Å². The maximum Gasteiger partial charge on any atom is 0.0359 e. The number of hydrogen-bond donors (Lipinski definition) is 2. The fraction of sp³-hybridized carbons (Fsp3) is 0.200. The molecule has 17 heavy (non-hydrogen) atoms. The van der Waals surface area contributed by atoms with E-state index < -0.39 is 0 Å². The monoisotopic (exact) mass is 226 g/mol. The molecule has 3 N–H and O–H groups in total. The van der Waals surface area contributed by atoms with Gasteiger partial charge >= 0.3 is 0 Å². The van der Waals surface area contributed by atoms with Gasteiger partial charge < -0.3 is 11.1 Å². The van der Waals surface area contributed by atoms with Crippen molar-refractivity contribution in [2.45, 2.75) is 20.0 Å². The van der Waals surface area contributed by atoms with Crippen molar-refractivity contribution < 1.29 is 0 Å². The molecular formula is C15H18N2. The quantitative estimate of drug-likeness (QED) is 0.787. The Bertz CT molecular complexity index is 475. The molecule has 0 radical (unpaired) electrons. The standard InChI is InChI=1S/C15H18N2/c1-12-6-8-13(9-7-12)10-17-11-14-4-2-3-5-15(14)16/h2-9,17H,10-11,16H2,1H3. The molecule has 2 aromatic carbocycles. The summed E-state index contributed by atoms with van der Waals surface area (Å²) in [5, 5.41) is 3.40. The normalized spacial score (nSPS) is 10.4. The van der Waals surface area contributed by atoms with Crippen LogP contribution in [0.3, 0.4) is 0 Å². The van der Waals surface area contributed by atoms with Crippen molar-refractivity contribution in [2.24, 2.45) is 0 Å². The second-order valence-electron chi connectivity index (χ2n) is 4.29. The molecular weight excluding hydrogens is 208 g/mol. The van der Waals surface area contributed by atoms with E-state index in [0.29, 0.717) is 0 Å². The Kier molecular flexibility index (Phi) is 3.78. The van der Waals surface area contributed by atoms with E-state index in [9.17, 15) is 0 Å². The van der Waals surface area contributed by atoms with Crippen LogP contribution in [0.1, 0.15) is 16.7 Å². The van der Waals surface area contributed by atoms with Crippen molar-refractivity contribution in [3.8, 4) is 0 Å². The summed E-state index contributed by atoms with van der Waals surface area (Å²) in [7, 11) is 0. The number of hydrogen-bond acceptors (Lipinski definition) is 2. The van der Waals surface area contributed by atoms with Gasteiger partial charge in [-0.25, -0.2) is 0 Å². The fourth-order valence-corrected chi connectivity index (χ4v) is 1.74. The van der Waals surface area contributed by atoms with Crippen molar-refractivity contribution in [3.63, 3.8) is 0 Å². The molecule has 0 saturated carbocycles. The molecule has 0 unspecified atom stereocenters. The first kappa shape index (κ1) is 11.7. The van der Waals surface area contributed by atoms with Gasteiger partial charge in [-0.3, -0.25) is 0 Å². The van der Waals surface area contributed by atoms with Crippen LogP contribution >= 0.6 is 0 Å². The Hall–Kier alpha value is -1.80. The molecule has 0 aliphatic heterocycles.